The van der Waals surface area contributed by atoms with Crippen molar-refractivity contribution in [2.75, 3.05) is 22.9 Å². The number of carbonyl (C=O) groups is 1. The average Bonchev–Trinajstić information content (AvgIpc) is 3.39. The first kappa shape index (κ1) is 33.1. The molecule has 4 rings (SSSR count). The number of tetrazole rings is 1. The molecule has 0 saturated heterocycles. The molecule has 1 atom stereocenters. The summed E-state index contributed by atoms with van der Waals surface area (Å²) in [6.45, 7) is 4.64. The van der Waals surface area contributed by atoms with E-state index in [9.17, 15) is 31.1 Å². The Morgan fingerprint density at radius 3 is 2.11 bits per heavy atom. The zero-order valence-corrected chi connectivity index (χ0v) is 24.8. The van der Waals surface area contributed by atoms with Gasteiger partial charge in [-0.25, -0.2) is 0 Å². The van der Waals surface area contributed by atoms with Crippen molar-refractivity contribution in [3.63, 3.8) is 0 Å². The van der Waals surface area contributed by atoms with Crippen molar-refractivity contribution in [3.8, 4) is 0 Å². The number of hydrogen-bond acceptors (Lipinski definition) is 6. The summed E-state index contributed by atoms with van der Waals surface area (Å²) in [7, 11) is 1.52. The van der Waals surface area contributed by atoms with Gasteiger partial charge in [0.05, 0.1) is 24.2 Å². The van der Waals surface area contributed by atoms with Crippen LogP contribution in [-0.2, 0) is 43.6 Å². The fraction of sp³-hybridized carbons (Fsp3) is 0.533. The van der Waals surface area contributed by atoms with Crippen LogP contribution in [0.15, 0.2) is 30.3 Å². The maximum atomic E-state index is 13.7. The molecule has 3 aromatic rings. The summed E-state index contributed by atoms with van der Waals surface area (Å²) < 4.78 is 82.1. The van der Waals surface area contributed by atoms with Crippen LogP contribution in [0.5, 0.6) is 0 Å². The van der Waals surface area contributed by atoms with Crippen molar-refractivity contribution in [1.82, 2.24) is 20.2 Å². The second-order valence-electron chi connectivity index (χ2n) is 11.1. The highest BCUT2D eigenvalue weighted by atomic mass is 19.4. The van der Waals surface area contributed by atoms with Gasteiger partial charge in [-0.05, 0) is 104 Å². The number of carboxylic acid groups (broad SMARTS) is 1. The number of benzene rings is 2. The molecule has 0 amide bonds. The lowest BCUT2D eigenvalue weighted by Gasteiger charge is -2.35. The van der Waals surface area contributed by atoms with E-state index in [0.717, 1.165) is 54.6 Å². The van der Waals surface area contributed by atoms with Crippen LogP contribution < -0.4 is 9.80 Å². The average molecular weight is 627 g/mol. The van der Waals surface area contributed by atoms with Gasteiger partial charge < -0.3 is 14.9 Å². The second kappa shape index (κ2) is 13.4. The van der Waals surface area contributed by atoms with Crippen LogP contribution >= 0.6 is 0 Å². The number of alkyl halides is 6. The zero-order valence-electron chi connectivity index (χ0n) is 24.8. The van der Waals surface area contributed by atoms with Gasteiger partial charge in [-0.15, -0.1) is 5.10 Å². The van der Waals surface area contributed by atoms with Crippen LogP contribution in [0.25, 0.3) is 0 Å². The van der Waals surface area contributed by atoms with Gasteiger partial charge in [-0.1, -0.05) is 11.2 Å². The van der Waals surface area contributed by atoms with E-state index in [1.165, 1.54) is 17.4 Å². The van der Waals surface area contributed by atoms with Crippen molar-refractivity contribution in [1.29, 1.82) is 0 Å². The summed E-state index contributed by atoms with van der Waals surface area (Å²) in [5.41, 5.74) is 1.06. The first-order valence-corrected chi connectivity index (χ1v) is 14.6. The highest BCUT2D eigenvalue weighted by Crippen LogP contribution is 2.40. The summed E-state index contributed by atoms with van der Waals surface area (Å²) in [5, 5.41) is 21.3. The van der Waals surface area contributed by atoms with E-state index < -0.39 is 35.5 Å². The fourth-order valence-electron chi connectivity index (χ4n) is 5.67. The molecule has 0 saturated carbocycles. The van der Waals surface area contributed by atoms with Crippen LogP contribution in [0.4, 0.5) is 38.0 Å². The third-order valence-electron chi connectivity index (χ3n) is 7.95. The molecule has 0 spiro atoms. The lowest BCUT2D eigenvalue weighted by atomic mass is 9.87. The SMILES string of the molecule is CCN(CCCCC(=O)O)c1cc2c(cc1C(C)N(Cc1cc(C(F)(F)F)cc(C(F)(F)F)c1)c1nnn(C)n1)CCCC2. The van der Waals surface area contributed by atoms with Gasteiger partial charge in [0.15, 0.2) is 0 Å². The molecule has 1 unspecified atom stereocenters. The number of rotatable bonds is 12. The number of unbranched alkanes of at least 4 members (excludes halogenated alkanes) is 1. The Hall–Kier alpha value is -3.84. The first-order chi connectivity index (χ1) is 20.7. The lowest BCUT2D eigenvalue weighted by Crippen LogP contribution is -2.32. The maximum Gasteiger partial charge on any atom is 0.416 e. The Kier molecular flexibility index (Phi) is 10.1. The van der Waals surface area contributed by atoms with Gasteiger partial charge in [-0.3, -0.25) is 4.79 Å². The van der Waals surface area contributed by atoms with Gasteiger partial charge in [0, 0.05) is 31.7 Å². The lowest BCUT2D eigenvalue weighted by molar-refractivity contribution is -0.143. The Morgan fingerprint density at radius 1 is 0.977 bits per heavy atom. The quantitative estimate of drug-likeness (QED) is 0.172. The standard InChI is InChI=1S/C30H36F6N6O2/c1-4-41(12-8-7-11-27(43)44)26-16-22-10-6-5-9-21(22)15-25(26)19(2)42(28-37-39-40(3)38-28)18-20-13-23(29(31,32)33)17-24(14-20)30(34,35)36/h13-17,19H,4-12,18H2,1-3H3,(H,43,44). The van der Waals surface area contributed by atoms with Gasteiger partial charge in [0.2, 0.25) is 0 Å². The molecule has 0 radical (unpaired) electrons. The normalized spacial score (nSPS) is 14.3. The van der Waals surface area contributed by atoms with E-state index >= 15 is 0 Å². The number of anilines is 2. The highest BCUT2D eigenvalue weighted by molar-refractivity contribution is 5.66. The molecule has 0 aliphatic heterocycles. The number of aromatic nitrogens is 4. The van der Waals surface area contributed by atoms with Crippen LogP contribution in [0.1, 0.15) is 85.4 Å². The first-order valence-electron chi connectivity index (χ1n) is 14.6. The molecule has 1 N–H and O–H groups in total. The van der Waals surface area contributed by atoms with Crippen LogP contribution in [-0.4, -0.2) is 44.4 Å². The largest absolute Gasteiger partial charge is 0.481 e. The van der Waals surface area contributed by atoms with Gasteiger partial charge in [0.1, 0.15) is 0 Å². The van der Waals surface area contributed by atoms with Gasteiger partial charge >= 0.3 is 18.3 Å². The molecular formula is C30H36F6N6O2. The highest BCUT2D eigenvalue weighted by Gasteiger charge is 2.37. The smallest absolute Gasteiger partial charge is 0.416 e. The molecule has 1 heterocycles. The van der Waals surface area contributed by atoms with Crippen LogP contribution in [0.2, 0.25) is 0 Å². The van der Waals surface area contributed by atoms with Crippen molar-refractivity contribution in [3.05, 3.63) is 63.7 Å². The molecule has 0 bridgehead atoms. The Labute approximate surface area is 251 Å². The number of aliphatic carboxylic acids is 1. The summed E-state index contributed by atoms with van der Waals surface area (Å²) >= 11 is 0. The monoisotopic (exact) mass is 626 g/mol. The maximum absolute atomic E-state index is 13.7. The number of halogens is 6. The minimum absolute atomic E-state index is 0.0496. The van der Waals surface area contributed by atoms with Crippen LogP contribution in [0, 0.1) is 0 Å². The molecule has 0 fully saturated rings. The predicted molar refractivity (Wildman–Crippen MR) is 152 cm³/mol. The molecule has 2 aromatic carbocycles. The van der Waals surface area contributed by atoms with E-state index in [2.05, 4.69) is 32.4 Å². The van der Waals surface area contributed by atoms with E-state index in [1.807, 2.05) is 13.8 Å². The summed E-state index contributed by atoms with van der Waals surface area (Å²) in [6, 6.07) is 5.17. The van der Waals surface area contributed by atoms with Crippen molar-refractivity contribution in [2.24, 2.45) is 7.05 Å². The fourth-order valence-corrected chi connectivity index (χ4v) is 5.67. The molecule has 8 nitrogen and oxygen atoms in total. The Balaban J connectivity index is 1.80. The van der Waals surface area contributed by atoms with E-state index in [4.69, 9.17) is 5.11 Å². The van der Waals surface area contributed by atoms with Crippen molar-refractivity contribution in [2.45, 2.75) is 83.7 Å². The number of carboxylic acids is 1. The molecule has 44 heavy (non-hydrogen) atoms. The topological polar surface area (TPSA) is 87.4 Å². The molecule has 14 heteroatoms. The molecule has 1 aromatic heterocycles. The van der Waals surface area contributed by atoms with E-state index in [-0.39, 0.29) is 30.5 Å². The minimum atomic E-state index is -4.98. The Bertz CT molecular complexity index is 1420. The predicted octanol–water partition coefficient (Wildman–Crippen LogP) is 6.98. The molecule has 1 aliphatic rings. The minimum Gasteiger partial charge on any atom is -0.481 e. The molecule has 240 valence electrons. The second-order valence-corrected chi connectivity index (χ2v) is 11.1. The molecular weight excluding hydrogens is 590 g/mol. The van der Waals surface area contributed by atoms with Crippen molar-refractivity contribution < 1.29 is 36.2 Å². The third kappa shape index (κ3) is 8.00. The van der Waals surface area contributed by atoms with Crippen LogP contribution in [0.3, 0.4) is 0 Å². The number of aryl methyl sites for hydroxylation is 3. The summed E-state index contributed by atoms with van der Waals surface area (Å²) in [6.07, 6.45) is -4.99. The number of nitrogens with zero attached hydrogens (tertiary/aromatic N) is 6. The van der Waals surface area contributed by atoms with Gasteiger partial charge in [0.25, 0.3) is 5.95 Å². The number of fused-ring (bicyclic) bond motifs is 1. The Morgan fingerprint density at radius 2 is 1.59 bits per heavy atom. The third-order valence-corrected chi connectivity index (χ3v) is 7.95. The summed E-state index contributed by atoms with van der Waals surface area (Å²) in [5.74, 6) is -0.814. The molecule has 1 aliphatic carbocycles. The summed E-state index contributed by atoms with van der Waals surface area (Å²) in [4.78, 5) is 15.9. The zero-order chi connectivity index (χ0) is 32.2. The van der Waals surface area contributed by atoms with E-state index in [1.54, 1.807) is 4.90 Å². The van der Waals surface area contributed by atoms with Crippen molar-refractivity contribution >= 4 is 17.6 Å². The van der Waals surface area contributed by atoms with Gasteiger partial charge in [-0.2, -0.15) is 31.1 Å². The van der Waals surface area contributed by atoms with E-state index in [0.29, 0.717) is 25.9 Å². The number of hydrogen-bond donors (Lipinski definition) is 1.